The highest BCUT2D eigenvalue weighted by Crippen LogP contribution is 2.34. The van der Waals surface area contributed by atoms with Gasteiger partial charge in [0.1, 0.15) is 0 Å². The summed E-state index contributed by atoms with van der Waals surface area (Å²) in [6.07, 6.45) is 1.82. The molecule has 2 aromatic rings. The molecule has 2 aromatic carbocycles. The average Bonchev–Trinajstić information content (AvgIpc) is 3.27. The van der Waals surface area contributed by atoms with E-state index in [2.05, 4.69) is 10.6 Å². The minimum atomic E-state index is -0.537. The average molecular weight is 452 g/mol. The van der Waals surface area contributed by atoms with Crippen LogP contribution in [-0.2, 0) is 20.8 Å². The molecule has 0 aliphatic carbocycles. The molecular formula is C25H29N3O5. The zero-order valence-corrected chi connectivity index (χ0v) is 18.7. The molecule has 0 aromatic heterocycles. The summed E-state index contributed by atoms with van der Waals surface area (Å²) in [6, 6.07) is 14.5. The van der Waals surface area contributed by atoms with Gasteiger partial charge >= 0.3 is 0 Å². The molecule has 2 heterocycles. The van der Waals surface area contributed by atoms with Crippen molar-refractivity contribution >= 4 is 23.3 Å². The summed E-state index contributed by atoms with van der Waals surface area (Å²) >= 11 is 0. The van der Waals surface area contributed by atoms with E-state index in [1.807, 2.05) is 35.2 Å². The summed E-state index contributed by atoms with van der Waals surface area (Å²) in [5.74, 6) is 0.927. The van der Waals surface area contributed by atoms with Gasteiger partial charge in [-0.15, -0.1) is 0 Å². The molecule has 4 rings (SSSR count). The molecule has 174 valence electrons. The van der Waals surface area contributed by atoms with Gasteiger partial charge in [0.25, 0.3) is 0 Å². The number of benzene rings is 2. The SMILES string of the molecule is CC(=O)C(Cc1ccccc1)NC(=O)CN1CCC(C(=O)Nc2ccc3c(c2)OCO3)CC1. The van der Waals surface area contributed by atoms with Crippen LogP contribution in [0.4, 0.5) is 5.69 Å². The van der Waals surface area contributed by atoms with Crippen LogP contribution in [-0.4, -0.2) is 55.0 Å². The van der Waals surface area contributed by atoms with Crippen LogP contribution in [0.1, 0.15) is 25.3 Å². The topological polar surface area (TPSA) is 97.0 Å². The van der Waals surface area contributed by atoms with Gasteiger partial charge in [-0.3, -0.25) is 19.3 Å². The van der Waals surface area contributed by atoms with Crippen LogP contribution in [0.25, 0.3) is 0 Å². The van der Waals surface area contributed by atoms with Crippen molar-refractivity contribution in [1.29, 1.82) is 0 Å². The largest absolute Gasteiger partial charge is 0.454 e. The summed E-state index contributed by atoms with van der Waals surface area (Å²) in [7, 11) is 0. The summed E-state index contributed by atoms with van der Waals surface area (Å²) in [5.41, 5.74) is 1.69. The molecule has 0 bridgehead atoms. The third-order valence-electron chi connectivity index (χ3n) is 6.07. The Morgan fingerprint density at radius 2 is 1.76 bits per heavy atom. The van der Waals surface area contributed by atoms with Gasteiger partial charge < -0.3 is 20.1 Å². The van der Waals surface area contributed by atoms with Gasteiger partial charge in [-0.1, -0.05) is 30.3 Å². The number of hydrogen-bond acceptors (Lipinski definition) is 6. The van der Waals surface area contributed by atoms with Crippen LogP contribution in [0.3, 0.4) is 0 Å². The van der Waals surface area contributed by atoms with Gasteiger partial charge in [0.15, 0.2) is 17.3 Å². The number of amides is 2. The molecule has 1 unspecified atom stereocenters. The van der Waals surface area contributed by atoms with E-state index in [4.69, 9.17) is 9.47 Å². The van der Waals surface area contributed by atoms with E-state index in [-0.39, 0.29) is 36.9 Å². The summed E-state index contributed by atoms with van der Waals surface area (Å²) in [6.45, 7) is 3.21. The van der Waals surface area contributed by atoms with Crippen molar-refractivity contribution in [2.75, 3.05) is 31.7 Å². The fourth-order valence-corrected chi connectivity index (χ4v) is 4.16. The highest BCUT2D eigenvalue weighted by molar-refractivity contribution is 5.93. The van der Waals surface area contributed by atoms with E-state index >= 15 is 0 Å². The Kier molecular flexibility index (Phi) is 7.24. The smallest absolute Gasteiger partial charge is 0.234 e. The second kappa shape index (κ2) is 10.5. The van der Waals surface area contributed by atoms with Crippen molar-refractivity contribution in [1.82, 2.24) is 10.2 Å². The molecule has 8 heteroatoms. The number of fused-ring (bicyclic) bond motifs is 1. The van der Waals surface area contributed by atoms with Crippen LogP contribution < -0.4 is 20.1 Å². The number of nitrogens with one attached hydrogen (secondary N) is 2. The maximum atomic E-state index is 12.7. The van der Waals surface area contributed by atoms with Crippen LogP contribution in [0.5, 0.6) is 11.5 Å². The van der Waals surface area contributed by atoms with Crippen molar-refractivity contribution in [3.8, 4) is 11.5 Å². The molecule has 33 heavy (non-hydrogen) atoms. The number of ketones is 1. The molecule has 8 nitrogen and oxygen atoms in total. The van der Waals surface area contributed by atoms with Crippen LogP contribution >= 0.6 is 0 Å². The Morgan fingerprint density at radius 1 is 1.03 bits per heavy atom. The first-order valence-corrected chi connectivity index (χ1v) is 11.2. The molecule has 2 aliphatic rings. The minimum Gasteiger partial charge on any atom is -0.454 e. The van der Waals surface area contributed by atoms with Gasteiger partial charge in [0.2, 0.25) is 18.6 Å². The van der Waals surface area contributed by atoms with Gasteiger partial charge in [-0.25, -0.2) is 0 Å². The van der Waals surface area contributed by atoms with E-state index in [1.165, 1.54) is 6.92 Å². The monoisotopic (exact) mass is 451 g/mol. The zero-order valence-electron chi connectivity index (χ0n) is 18.7. The zero-order chi connectivity index (χ0) is 23.2. The Labute approximate surface area is 193 Å². The van der Waals surface area contributed by atoms with Crippen molar-refractivity contribution in [3.63, 3.8) is 0 Å². The van der Waals surface area contributed by atoms with E-state index in [0.29, 0.717) is 49.5 Å². The van der Waals surface area contributed by atoms with Gasteiger partial charge in [-0.05, 0) is 57.0 Å². The summed E-state index contributed by atoms with van der Waals surface area (Å²) < 4.78 is 10.6. The van der Waals surface area contributed by atoms with Crippen LogP contribution in [0.15, 0.2) is 48.5 Å². The molecule has 1 fully saturated rings. The normalized spacial score (nSPS) is 16.8. The van der Waals surface area contributed by atoms with E-state index in [1.54, 1.807) is 18.2 Å². The third-order valence-corrected chi connectivity index (χ3v) is 6.07. The number of nitrogens with zero attached hydrogens (tertiary/aromatic N) is 1. The van der Waals surface area contributed by atoms with Gasteiger partial charge in [0.05, 0.1) is 12.6 Å². The number of hydrogen-bond donors (Lipinski definition) is 2. The predicted molar refractivity (Wildman–Crippen MR) is 123 cm³/mol. The standard InChI is InChI=1S/C25H29N3O5/c1-17(29)21(13-18-5-3-2-4-6-18)27-24(30)15-28-11-9-19(10-12-28)25(31)26-20-7-8-22-23(14-20)33-16-32-22/h2-8,14,19,21H,9-13,15-16H2,1H3,(H,26,31)(H,27,30). The van der Waals surface area contributed by atoms with Crippen LogP contribution in [0.2, 0.25) is 0 Å². The maximum absolute atomic E-state index is 12.7. The molecule has 2 amide bonds. The number of carbonyl (C=O) groups is 3. The number of carbonyl (C=O) groups excluding carboxylic acids is 3. The summed E-state index contributed by atoms with van der Waals surface area (Å²) in [4.78, 5) is 39.3. The van der Waals surface area contributed by atoms with Crippen molar-refractivity contribution in [3.05, 3.63) is 54.1 Å². The first-order chi connectivity index (χ1) is 16.0. The fourth-order valence-electron chi connectivity index (χ4n) is 4.16. The molecule has 0 saturated carbocycles. The highest BCUT2D eigenvalue weighted by Gasteiger charge is 2.27. The molecule has 2 aliphatic heterocycles. The lowest BCUT2D eigenvalue weighted by molar-refractivity contribution is -0.128. The van der Waals surface area contributed by atoms with E-state index < -0.39 is 6.04 Å². The lowest BCUT2D eigenvalue weighted by atomic mass is 9.95. The number of Topliss-reactive ketones (excluding diaryl/α,β-unsaturated/α-hetero) is 1. The Morgan fingerprint density at radius 3 is 2.48 bits per heavy atom. The number of rotatable bonds is 8. The maximum Gasteiger partial charge on any atom is 0.234 e. The van der Waals surface area contributed by atoms with E-state index in [0.717, 1.165) is 5.56 Å². The first-order valence-electron chi connectivity index (χ1n) is 11.2. The van der Waals surface area contributed by atoms with Gasteiger partial charge in [0, 0.05) is 17.7 Å². The molecule has 1 saturated heterocycles. The van der Waals surface area contributed by atoms with Crippen molar-refractivity contribution in [2.45, 2.75) is 32.2 Å². The van der Waals surface area contributed by atoms with Gasteiger partial charge in [-0.2, -0.15) is 0 Å². The Hall–Kier alpha value is -3.39. The number of ether oxygens (including phenoxy) is 2. The summed E-state index contributed by atoms with van der Waals surface area (Å²) in [5, 5.41) is 5.82. The van der Waals surface area contributed by atoms with E-state index in [9.17, 15) is 14.4 Å². The third kappa shape index (κ3) is 6.10. The fraction of sp³-hybridized carbons (Fsp3) is 0.400. The lowest BCUT2D eigenvalue weighted by Gasteiger charge is -2.31. The van der Waals surface area contributed by atoms with Crippen LogP contribution in [0, 0.1) is 5.92 Å². The molecular weight excluding hydrogens is 422 g/mol. The molecule has 1 atom stereocenters. The lowest BCUT2D eigenvalue weighted by Crippen LogP contribution is -2.48. The first kappa shape index (κ1) is 22.8. The number of likely N-dealkylation sites (tertiary alicyclic amines) is 1. The highest BCUT2D eigenvalue weighted by atomic mass is 16.7. The van der Waals surface area contributed by atoms with Crippen molar-refractivity contribution < 1.29 is 23.9 Å². The Bertz CT molecular complexity index is 1000. The minimum absolute atomic E-state index is 0.0301. The second-order valence-electron chi connectivity index (χ2n) is 8.53. The molecule has 0 spiro atoms. The van der Waals surface area contributed by atoms with Crippen molar-refractivity contribution in [2.24, 2.45) is 5.92 Å². The number of anilines is 1. The second-order valence-corrected chi connectivity index (χ2v) is 8.53. The molecule has 2 N–H and O–H groups in total. The Balaban J connectivity index is 1.22. The number of piperidine rings is 1. The predicted octanol–water partition coefficient (Wildman–Crippen LogP) is 2.38. The quantitative estimate of drug-likeness (QED) is 0.640. The molecule has 0 radical (unpaired) electrons.